The molecule has 144 valence electrons. The Labute approximate surface area is 152 Å². The monoisotopic (exact) mass is 353 g/mol. The van der Waals surface area contributed by atoms with E-state index in [0.717, 1.165) is 38.7 Å². The topological polar surface area (TPSA) is 55.3 Å². The number of rotatable bonds is 8. The molecule has 2 saturated carbocycles. The zero-order valence-electron chi connectivity index (χ0n) is 16.1. The second-order valence-electron chi connectivity index (χ2n) is 7.68. The minimum atomic E-state index is 0.369. The van der Waals surface area contributed by atoms with Crippen LogP contribution >= 0.6 is 0 Å². The normalized spacial score (nSPS) is 31.1. The van der Waals surface area contributed by atoms with E-state index in [-0.39, 0.29) is 0 Å². The highest BCUT2D eigenvalue weighted by Crippen LogP contribution is 2.57. The van der Waals surface area contributed by atoms with E-state index < -0.39 is 0 Å². The first-order valence-electron chi connectivity index (χ1n) is 9.90. The molecule has 0 radical (unpaired) electrons. The number of likely N-dealkylation sites (tertiary alicyclic amines) is 1. The lowest BCUT2D eigenvalue weighted by atomic mass is 9.51. The number of hydrogen-bond donors (Lipinski definition) is 1. The van der Waals surface area contributed by atoms with Crippen molar-refractivity contribution in [3.63, 3.8) is 0 Å². The van der Waals surface area contributed by atoms with Gasteiger partial charge in [-0.1, -0.05) is 6.42 Å². The van der Waals surface area contributed by atoms with Gasteiger partial charge in [0, 0.05) is 51.2 Å². The first kappa shape index (κ1) is 18.9. The standard InChI is InChI=1S/C19H35N3O3/c1-4-25-17-12-16(19(17)7-5-8-19)21-18(20-2)22-9-6-15(13-22)14-24-11-10-23-3/h15-17H,4-14H2,1-3H3,(H,20,21). The molecule has 6 nitrogen and oxygen atoms in total. The molecule has 1 heterocycles. The molecule has 1 saturated heterocycles. The van der Waals surface area contributed by atoms with Gasteiger partial charge in [0.05, 0.1) is 25.9 Å². The van der Waals surface area contributed by atoms with E-state index in [1.807, 2.05) is 7.05 Å². The quantitative estimate of drug-likeness (QED) is 0.410. The molecule has 0 aromatic heterocycles. The van der Waals surface area contributed by atoms with Crippen LogP contribution in [-0.4, -0.2) is 76.7 Å². The van der Waals surface area contributed by atoms with Gasteiger partial charge in [0.25, 0.3) is 0 Å². The second-order valence-corrected chi connectivity index (χ2v) is 7.68. The van der Waals surface area contributed by atoms with Crippen molar-refractivity contribution in [3.8, 4) is 0 Å². The maximum atomic E-state index is 5.97. The smallest absolute Gasteiger partial charge is 0.193 e. The van der Waals surface area contributed by atoms with Crippen LogP contribution in [0.15, 0.2) is 4.99 Å². The van der Waals surface area contributed by atoms with Crippen molar-refractivity contribution in [2.24, 2.45) is 16.3 Å². The molecule has 25 heavy (non-hydrogen) atoms. The van der Waals surface area contributed by atoms with Crippen LogP contribution in [-0.2, 0) is 14.2 Å². The molecule has 0 amide bonds. The number of ether oxygens (including phenoxy) is 3. The van der Waals surface area contributed by atoms with Crippen LogP contribution < -0.4 is 5.32 Å². The minimum Gasteiger partial charge on any atom is -0.382 e. The fourth-order valence-corrected chi connectivity index (χ4v) is 4.65. The highest BCUT2D eigenvalue weighted by Gasteiger charge is 2.59. The van der Waals surface area contributed by atoms with Crippen LogP contribution in [0.2, 0.25) is 0 Å². The van der Waals surface area contributed by atoms with Crippen molar-refractivity contribution in [2.45, 2.75) is 51.2 Å². The molecular formula is C19H35N3O3. The van der Waals surface area contributed by atoms with Gasteiger partial charge in [0.15, 0.2) is 5.96 Å². The van der Waals surface area contributed by atoms with E-state index >= 15 is 0 Å². The van der Waals surface area contributed by atoms with E-state index in [9.17, 15) is 0 Å². The molecule has 3 atom stereocenters. The number of nitrogens with zero attached hydrogens (tertiary/aromatic N) is 2. The van der Waals surface area contributed by atoms with E-state index in [1.165, 1.54) is 25.7 Å². The van der Waals surface area contributed by atoms with E-state index in [1.54, 1.807) is 7.11 Å². The Bertz CT molecular complexity index is 453. The number of hydrogen-bond acceptors (Lipinski definition) is 4. The number of aliphatic imine (C=N–C) groups is 1. The number of guanidine groups is 1. The molecule has 0 bridgehead atoms. The summed E-state index contributed by atoms with van der Waals surface area (Å²) in [6, 6.07) is 0.522. The van der Waals surface area contributed by atoms with Crippen molar-refractivity contribution in [1.82, 2.24) is 10.2 Å². The van der Waals surface area contributed by atoms with Crippen molar-refractivity contribution >= 4 is 5.96 Å². The third kappa shape index (κ3) is 3.96. The summed E-state index contributed by atoms with van der Waals surface area (Å²) in [4.78, 5) is 6.95. The lowest BCUT2D eigenvalue weighted by Gasteiger charge is -2.61. The Morgan fingerprint density at radius 1 is 1.32 bits per heavy atom. The molecule has 1 N–H and O–H groups in total. The summed E-state index contributed by atoms with van der Waals surface area (Å²) in [6.07, 6.45) is 6.66. The molecular weight excluding hydrogens is 318 g/mol. The van der Waals surface area contributed by atoms with Crippen molar-refractivity contribution in [3.05, 3.63) is 0 Å². The summed E-state index contributed by atoms with van der Waals surface area (Å²) in [6.45, 7) is 7.19. The first-order valence-corrected chi connectivity index (χ1v) is 9.90. The Hall–Kier alpha value is -0.850. The SMILES string of the molecule is CCOC1CC(NC(=NC)N2CCC(COCCOC)C2)C12CCC2. The third-order valence-corrected chi connectivity index (χ3v) is 6.32. The van der Waals surface area contributed by atoms with Gasteiger partial charge in [-0.25, -0.2) is 0 Å². The largest absolute Gasteiger partial charge is 0.382 e. The van der Waals surface area contributed by atoms with Gasteiger partial charge in [0.1, 0.15) is 0 Å². The van der Waals surface area contributed by atoms with Crippen LogP contribution in [0, 0.1) is 11.3 Å². The highest BCUT2D eigenvalue weighted by atomic mass is 16.5. The van der Waals surface area contributed by atoms with Crippen LogP contribution in [0.3, 0.4) is 0 Å². The van der Waals surface area contributed by atoms with Crippen LogP contribution in [0.1, 0.15) is 39.0 Å². The lowest BCUT2D eigenvalue weighted by Crippen LogP contribution is -2.68. The molecule has 1 spiro atoms. The summed E-state index contributed by atoms with van der Waals surface area (Å²) < 4.78 is 16.7. The predicted octanol–water partition coefficient (Wildman–Crippen LogP) is 1.89. The first-order chi connectivity index (χ1) is 12.2. The van der Waals surface area contributed by atoms with E-state index in [0.29, 0.717) is 36.7 Å². The van der Waals surface area contributed by atoms with Gasteiger partial charge in [-0.2, -0.15) is 0 Å². The zero-order chi connectivity index (χ0) is 17.7. The molecule has 1 aliphatic heterocycles. The van der Waals surface area contributed by atoms with E-state index in [2.05, 4.69) is 22.1 Å². The van der Waals surface area contributed by atoms with E-state index in [4.69, 9.17) is 14.2 Å². The van der Waals surface area contributed by atoms with Gasteiger partial charge in [0.2, 0.25) is 0 Å². The van der Waals surface area contributed by atoms with Crippen molar-refractivity contribution in [1.29, 1.82) is 0 Å². The van der Waals surface area contributed by atoms with Crippen LogP contribution in [0.5, 0.6) is 0 Å². The van der Waals surface area contributed by atoms with Gasteiger partial charge >= 0.3 is 0 Å². The Morgan fingerprint density at radius 2 is 2.16 bits per heavy atom. The minimum absolute atomic E-state index is 0.369. The number of methoxy groups -OCH3 is 1. The summed E-state index contributed by atoms with van der Waals surface area (Å²) >= 11 is 0. The molecule has 3 rings (SSSR count). The zero-order valence-corrected chi connectivity index (χ0v) is 16.1. The molecule has 3 unspecified atom stereocenters. The molecule has 6 heteroatoms. The fourth-order valence-electron chi connectivity index (χ4n) is 4.65. The maximum Gasteiger partial charge on any atom is 0.193 e. The highest BCUT2D eigenvalue weighted by molar-refractivity contribution is 5.80. The summed E-state index contributed by atoms with van der Waals surface area (Å²) in [5.74, 6) is 1.65. The molecule has 0 aromatic carbocycles. The predicted molar refractivity (Wildman–Crippen MR) is 99.0 cm³/mol. The van der Waals surface area contributed by atoms with Crippen LogP contribution in [0.25, 0.3) is 0 Å². The number of nitrogens with one attached hydrogen (secondary N) is 1. The van der Waals surface area contributed by atoms with Gasteiger partial charge in [-0.15, -0.1) is 0 Å². The maximum absolute atomic E-state index is 5.97. The molecule has 3 fully saturated rings. The molecule has 2 aliphatic carbocycles. The van der Waals surface area contributed by atoms with Crippen LogP contribution in [0.4, 0.5) is 0 Å². The third-order valence-electron chi connectivity index (χ3n) is 6.32. The van der Waals surface area contributed by atoms with Gasteiger partial charge in [-0.3, -0.25) is 4.99 Å². The average Bonchev–Trinajstić information content (AvgIpc) is 3.01. The second kappa shape index (κ2) is 8.69. The fraction of sp³-hybridized carbons (Fsp3) is 0.947. The summed E-state index contributed by atoms with van der Waals surface area (Å²) in [5, 5.41) is 3.76. The summed E-state index contributed by atoms with van der Waals surface area (Å²) in [5.41, 5.74) is 0.369. The Kier molecular flexibility index (Phi) is 6.58. The lowest BCUT2D eigenvalue weighted by molar-refractivity contribution is -0.168. The van der Waals surface area contributed by atoms with Crippen molar-refractivity contribution < 1.29 is 14.2 Å². The average molecular weight is 354 g/mol. The molecule has 0 aromatic rings. The molecule has 3 aliphatic rings. The Morgan fingerprint density at radius 3 is 2.80 bits per heavy atom. The van der Waals surface area contributed by atoms with Crippen molar-refractivity contribution in [2.75, 3.05) is 53.7 Å². The summed E-state index contributed by atoms with van der Waals surface area (Å²) in [7, 11) is 3.61. The van der Waals surface area contributed by atoms with Gasteiger partial charge < -0.3 is 24.4 Å². The van der Waals surface area contributed by atoms with Gasteiger partial charge in [-0.05, 0) is 32.6 Å². The Balaban J connectivity index is 1.46.